The van der Waals surface area contributed by atoms with Crippen LogP contribution in [0.4, 0.5) is 0 Å². The molecule has 0 radical (unpaired) electrons. The van der Waals surface area contributed by atoms with Gasteiger partial charge >= 0.3 is 5.97 Å². The first-order valence-electron chi connectivity index (χ1n) is 4.44. The van der Waals surface area contributed by atoms with Crippen LogP contribution in [0.3, 0.4) is 0 Å². The Kier molecular flexibility index (Phi) is 9.03. The van der Waals surface area contributed by atoms with Gasteiger partial charge in [0.25, 0.3) is 0 Å². The van der Waals surface area contributed by atoms with Gasteiger partial charge in [-0.25, -0.2) is 0 Å². The average molecular weight is 190 g/mol. The topological polar surface area (TPSA) is 44.8 Å². The van der Waals surface area contributed by atoms with E-state index in [0.29, 0.717) is 26.2 Å². The minimum atomic E-state index is -0.159. The van der Waals surface area contributed by atoms with E-state index in [1.165, 1.54) is 0 Å². The second-order valence-electron chi connectivity index (χ2n) is 2.66. The summed E-state index contributed by atoms with van der Waals surface area (Å²) in [5, 5.41) is 0. The lowest BCUT2D eigenvalue weighted by Gasteiger charge is -2.03. The molecule has 78 valence electrons. The summed E-state index contributed by atoms with van der Waals surface area (Å²) in [4.78, 5) is 11.0. The fraction of sp³-hybridized carbons (Fsp3) is 0.889. The normalized spacial score (nSPS) is 10.0. The van der Waals surface area contributed by atoms with Gasteiger partial charge in [0.1, 0.15) is 6.61 Å². The van der Waals surface area contributed by atoms with Crippen LogP contribution in [-0.4, -0.2) is 40.0 Å². The monoisotopic (exact) mass is 190 g/mol. The zero-order valence-electron chi connectivity index (χ0n) is 8.38. The Balaban J connectivity index is 3.11. The minimum Gasteiger partial charge on any atom is -0.463 e. The summed E-state index contributed by atoms with van der Waals surface area (Å²) >= 11 is 0. The van der Waals surface area contributed by atoms with E-state index in [-0.39, 0.29) is 5.97 Å². The molecule has 0 saturated heterocycles. The maximum atomic E-state index is 11.0. The van der Waals surface area contributed by atoms with Crippen LogP contribution in [0.2, 0.25) is 0 Å². The number of carbonyl (C=O) groups is 1. The number of methoxy groups -OCH3 is 2. The molecule has 0 unspecified atom stereocenters. The summed E-state index contributed by atoms with van der Waals surface area (Å²) in [5.41, 5.74) is 0. The summed E-state index contributed by atoms with van der Waals surface area (Å²) in [7, 11) is 3.23. The highest BCUT2D eigenvalue weighted by atomic mass is 16.6. The number of unbranched alkanes of at least 4 members (excludes halogenated alkanes) is 1. The highest BCUT2D eigenvalue weighted by Crippen LogP contribution is 1.97. The third-order valence-electron chi connectivity index (χ3n) is 1.53. The van der Waals surface area contributed by atoms with E-state index >= 15 is 0 Å². The SMILES string of the molecule is COCCCCC(=O)OCCOC. The van der Waals surface area contributed by atoms with E-state index in [0.717, 1.165) is 12.8 Å². The van der Waals surface area contributed by atoms with Crippen LogP contribution in [0.15, 0.2) is 0 Å². The maximum Gasteiger partial charge on any atom is 0.305 e. The van der Waals surface area contributed by atoms with Gasteiger partial charge in [-0.3, -0.25) is 4.79 Å². The van der Waals surface area contributed by atoms with E-state index in [4.69, 9.17) is 14.2 Å². The lowest BCUT2D eigenvalue weighted by atomic mass is 10.2. The Labute approximate surface area is 79.2 Å². The molecule has 0 amide bonds. The lowest BCUT2D eigenvalue weighted by Crippen LogP contribution is -2.09. The van der Waals surface area contributed by atoms with Crippen LogP contribution < -0.4 is 0 Å². The summed E-state index contributed by atoms with van der Waals surface area (Å²) in [6.07, 6.45) is 2.18. The van der Waals surface area contributed by atoms with E-state index in [2.05, 4.69) is 0 Å². The highest BCUT2D eigenvalue weighted by molar-refractivity contribution is 5.69. The van der Waals surface area contributed by atoms with Crippen molar-refractivity contribution in [2.75, 3.05) is 34.0 Å². The van der Waals surface area contributed by atoms with E-state index in [1.807, 2.05) is 0 Å². The molecule has 4 heteroatoms. The van der Waals surface area contributed by atoms with Gasteiger partial charge in [0.15, 0.2) is 0 Å². The Bertz CT molecular complexity index is 125. The van der Waals surface area contributed by atoms with Crippen LogP contribution in [0.5, 0.6) is 0 Å². The van der Waals surface area contributed by atoms with Gasteiger partial charge in [0.2, 0.25) is 0 Å². The second kappa shape index (κ2) is 9.48. The summed E-state index contributed by atoms with van der Waals surface area (Å²) < 4.78 is 14.4. The predicted octanol–water partition coefficient (Wildman–Crippen LogP) is 0.993. The van der Waals surface area contributed by atoms with Crippen molar-refractivity contribution in [1.29, 1.82) is 0 Å². The second-order valence-corrected chi connectivity index (χ2v) is 2.66. The van der Waals surface area contributed by atoms with Crippen molar-refractivity contribution in [3.05, 3.63) is 0 Å². The number of hydrogen-bond acceptors (Lipinski definition) is 4. The molecule has 0 aliphatic heterocycles. The number of hydrogen-bond donors (Lipinski definition) is 0. The Morgan fingerprint density at radius 2 is 1.69 bits per heavy atom. The van der Waals surface area contributed by atoms with Crippen molar-refractivity contribution in [3.63, 3.8) is 0 Å². The molecular weight excluding hydrogens is 172 g/mol. The van der Waals surface area contributed by atoms with Crippen LogP contribution >= 0.6 is 0 Å². The van der Waals surface area contributed by atoms with Crippen LogP contribution in [0.25, 0.3) is 0 Å². The molecule has 4 nitrogen and oxygen atoms in total. The highest BCUT2D eigenvalue weighted by Gasteiger charge is 2.01. The number of esters is 1. The van der Waals surface area contributed by atoms with Gasteiger partial charge in [0.05, 0.1) is 6.61 Å². The smallest absolute Gasteiger partial charge is 0.305 e. The van der Waals surface area contributed by atoms with E-state index in [1.54, 1.807) is 14.2 Å². The van der Waals surface area contributed by atoms with Crippen molar-refractivity contribution in [1.82, 2.24) is 0 Å². The molecule has 0 rings (SSSR count). The largest absolute Gasteiger partial charge is 0.463 e. The third kappa shape index (κ3) is 9.30. The van der Waals surface area contributed by atoms with Crippen molar-refractivity contribution in [2.45, 2.75) is 19.3 Å². The van der Waals surface area contributed by atoms with Crippen molar-refractivity contribution in [2.24, 2.45) is 0 Å². The third-order valence-corrected chi connectivity index (χ3v) is 1.53. The fourth-order valence-electron chi connectivity index (χ4n) is 0.827. The molecule has 0 aromatic carbocycles. The lowest BCUT2D eigenvalue weighted by molar-refractivity contribution is -0.145. The predicted molar refractivity (Wildman–Crippen MR) is 48.6 cm³/mol. The van der Waals surface area contributed by atoms with Gasteiger partial charge in [-0.1, -0.05) is 0 Å². The first kappa shape index (κ1) is 12.4. The molecule has 0 aliphatic rings. The molecule has 0 heterocycles. The van der Waals surface area contributed by atoms with Crippen LogP contribution in [0.1, 0.15) is 19.3 Å². The minimum absolute atomic E-state index is 0.159. The van der Waals surface area contributed by atoms with Crippen molar-refractivity contribution < 1.29 is 19.0 Å². The van der Waals surface area contributed by atoms with Gasteiger partial charge in [0, 0.05) is 27.2 Å². The standard InChI is InChI=1S/C9H18O4/c1-11-6-4-3-5-9(10)13-8-7-12-2/h3-8H2,1-2H3. The molecule has 0 aromatic heterocycles. The molecule has 0 fully saturated rings. The summed E-state index contributed by atoms with van der Waals surface area (Å²) in [6.45, 7) is 1.51. The molecule has 13 heavy (non-hydrogen) atoms. The van der Waals surface area contributed by atoms with Gasteiger partial charge in [-0.2, -0.15) is 0 Å². The Morgan fingerprint density at radius 3 is 2.31 bits per heavy atom. The molecule has 0 spiro atoms. The zero-order valence-corrected chi connectivity index (χ0v) is 8.38. The molecule has 0 N–H and O–H groups in total. The molecule has 0 atom stereocenters. The number of ether oxygens (including phenoxy) is 3. The summed E-state index contributed by atoms with van der Waals surface area (Å²) in [5.74, 6) is -0.159. The first-order chi connectivity index (χ1) is 6.31. The zero-order chi connectivity index (χ0) is 9.94. The molecular formula is C9H18O4. The fourth-order valence-corrected chi connectivity index (χ4v) is 0.827. The number of rotatable bonds is 8. The van der Waals surface area contributed by atoms with E-state index in [9.17, 15) is 4.79 Å². The number of carbonyl (C=O) groups excluding carboxylic acids is 1. The molecule has 0 aromatic rings. The van der Waals surface area contributed by atoms with Crippen LogP contribution in [-0.2, 0) is 19.0 Å². The van der Waals surface area contributed by atoms with Crippen molar-refractivity contribution >= 4 is 5.97 Å². The quantitative estimate of drug-likeness (QED) is 0.423. The first-order valence-corrected chi connectivity index (χ1v) is 4.44. The Morgan fingerprint density at radius 1 is 1.00 bits per heavy atom. The molecule has 0 aliphatic carbocycles. The van der Waals surface area contributed by atoms with Crippen molar-refractivity contribution in [3.8, 4) is 0 Å². The molecule has 0 saturated carbocycles. The molecule has 0 bridgehead atoms. The van der Waals surface area contributed by atoms with Gasteiger partial charge in [-0.15, -0.1) is 0 Å². The van der Waals surface area contributed by atoms with Gasteiger partial charge in [-0.05, 0) is 12.8 Å². The van der Waals surface area contributed by atoms with E-state index < -0.39 is 0 Å². The Hall–Kier alpha value is -0.610. The average Bonchev–Trinajstić information content (AvgIpc) is 2.13. The van der Waals surface area contributed by atoms with Gasteiger partial charge < -0.3 is 14.2 Å². The summed E-state index contributed by atoms with van der Waals surface area (Å²) in [6, 6.07) is 0. The maximum absolute atomic E-state index is 11.0. The van der Waals surface area contributed by atoms with Crippen LogP contribution in [0, 0.1) is 0 Å².